The first kappa shape index (κ1) is 12.5. The van der Waals surface area contributed by atoms with Crippen LogP contribution in [-0.4, -0.2) is 33.3 Å². The van der Waals surface area contributed by atoms with E-state index in [1.54, 1.807) is 0 Å². The maximum atomic E-state index is 6.20. The Morgan fingerprint density at radius 3 is 3.00 bits per heavy atom. The summed E-state index contributed by atoms with van der Waals surface area (Å²) < 4.78 is 10.6. The fourth-order valence-electron chi connectivity index (χ4n) is 2.52. The van der Waals surface area contributed by atoms with Crippen molar-refractivity contribution < 1.29 is 9.26 Å². The van der Waals surface area contributed by atoms with Gasteiger partial charge >= 0.3 is 0 Å². The lowest BCUT2D eigenvalue weighted by molar-refractivity contribution is 0.166. The zero-order valence-corrected chi connectivity index (χ0v) is 11.4. The maximum Gasteiger partial charge on any atom is 0.249 e. The summed E-state index contributed by atoms with van der Waals surface area (Å²) in [6, 6.07) is 7.87. The molecule has 1 aromatic carbocycles. The second kappa shape index (κ2) is 4.64. The first-order valence-electron chi connectivity index (χ1n) is 6.86. The predicted octanol–water partition coefficient (Wildman–Crippen LogP) is 1.11. The predicted molar refractivity (Wildman–Crippen MR) is 74.5 cm³/mol. The molecule has 21 heavy (non-hydrogen) atoms. The van der Waals surface area contributed by atoms with Crippen molar-refractivity contribution in [1.29, 1.82) is 0 Å². The molecule has 0 amide bonds. The third-order valence-electron chi connectivity index (χ3n) is 3.71. The number of H-pyrrole nitrogens is 1. The topological polar surface area (TPSA) is 103 Å². The largest absolute Gasteiger partial charge is 0.379 e. The normalized spacial score (nSPS) is 22.1. The number of nitrogens with two attached hydrogens (primary N) is 1. The number of hydrogen-bond acceptors (Lipinski definition) is 6. The summed E-state index contributed by atoms with van der Waals surface area (Å²) in [6.45, 7) is 1.04. The minimum absolute atomic E-state index is 0.416. The van der Waals surface area contributed by atoms with Crippen LogP contribution in [0.25, 0.3) is 11.0 Å². The quantitative estimate of drug-likeness (QED) is 0.747. The molecule has 0 bridgehead atoms. The molecule has 0 saturated carbocycles. The van der Waals surface area contributed by atoms with Crippen LogP contribution in [0.4, 0.5) is 0 Å². The molecule has 0 radical (unpaired) electrons. The van der Waals surface area contributed by atoms with Gasteiger partial charge in [-0.25, -0.2) is 4.98 Å². The van der Waals surface area contributed by atoms with Gasteiger partial charge in [0.15, 0.2) is 5.82 Å². The van der Waals surface area contributed by atoms with Crippen molar-refractivity contribution in [1.82, 2.24) is 20.1 Å². The summed E-state index contributed by atoms with van der Waals surface area (Å²) in [5.41, 5.74) is 7.47. The average molecular weight is 285 g/mol. The molecule has 1 aliphatic heterocycles. The highest BCUT2D eigenvalue weighted by Gasteiger charge is 2.38. The Morgan fingerprint density at radius 1 is 1.29 bits per heavy atom. The van der Waals surface area contributed by atoms with Gasteiger partial charge in [0, 0.05) is 6.61 Å². The van der Waals surface area contributed by atoms with Gasteiger partial charge in [0.05, 0.1) is 24.1 Å². The van der Waals surface area contributed by atoms with Crippen molar-refractivity contribution in [2.24, 2.45) is 5.73 Å². The fourth-order valence-corrected chi connectivity index (χ4v) is 2.52. The average Bonchev–Trinajstić information content (AvgIpc) is 3.18. The van der Waals surface area contributed by atoms with E-state index in [0.717, 1.165) is 16.9 Å². The number of nitrogens with zero attached hydrogens (tertiary/aromatic N) is 3. The third-order valence-corrected chi connectivity index (χ3v) is 3.71. The molecular formula is C14H15N5O2. The summed E-state index contributed by atoms with van der Waals surface area (Å²) in [6.07, 6.45) is 1.17. The third kappa shape index (κ3) is 2.20. The zero-order chi connectivity index (χ0) is 14.3. The highest BCUT2D eigenvalue weighted by Crippen LogP contribution is 2.26. The number of ether oxygens (including phenoxy) is 1. The number of rotatable bonds is 3. The number of aromatic amines is 1. The molecule has 3 aromatic rings. The van der Waals surface area contributed by atoms with Gasteiger partial charge < -0.3 is 20.0 Å². The van der Waals surface area contributed by atoms with Gasteiger partial charge in [-0.15, -0.1) is 0 Å². The van der Waals surface area contributed by atoms with Gasteiger partial charge in [-0.3, -0.25) is 0 Å². The van der Waals surface area contributed by atoms with Crippen LogP contribution in [0.15, 0.2) is 28.8 Å². The zero-order valence-electron chi connectivity index (χ0n) is 11.4. The lowest BCUT2D eigenvalue weighted by Crippen LogP contribution is -2.37. The summed E-state index contributed by atoms with van der Waals surface area (Å²) >= 11 is 0. The van der Waals surface area contributed by atoms with Crippen molar-refractivity contribution in [3.05, 3.63) is 41.8 Å². The highest BCUT2D eigenvalue weighted by atomic mass is 16.5. The van der Waals surface area contributed by atoms with Gasteiger partial charge in [-0.1, -0.05) is 17.3 Å². The number of benzene rings is 1. The van der Waals surface area contributed by atoms with Crippen molar-refractivity contribution >= 4 is 11.0 Å². The van der Waals surface area contributed by atoms with E-state index in [0.29, 0.717) is 37.8 Å². The van der Waals surface area contributed by atoms with E-state index < -0.39 is 5.54 Å². The van der Waals surface area contributed by atoms with Crippen LogP contribution < -0.4 is 5.73 Å². The van der Waals surface area contributed by atoms with Crippen LogP contribution in [0.5, 0.6) is 0 Å². The Balaban J connectivity index is 1.58. The lowest BCUT2D eigenvalue weighted by atomic mass is 10.0. The Morgan fingerprint density at radius 2 is 2.19 bits per heavy atom. The van der Waals surface area contributed by atoms with Crippen molar-refractivity contribution in [2.45, 2.75) is 18.4 Å². The molecule has 1 aliphatic rings. The summed E-state index contributed by atoms with van der Waals surface area (Å²) in [4.78, 5) is 12.1. The minimum atomic E-state index is -0.654. The van der Waals surface area contributed by atoms with E-state index in [4.69, 9.17) is 15.0 Å². The minimum Gasteiger partial charge on any atom is -0.379 e. The van der Waals surface area contributed by atoms with Gasteiger partial charge in [-0.2, -0.15) is 4.98 Å². The van der Waals surface area contributed by atoms with Gasteiger partial charge in [0.2, 0.25) is 5.89 Å². The van der Waals surface area contributed by atoms with Gasteiger partial charge in [-0.05, 0) is 18.6 Å². The van der Waals surface area contributed by atoms with E-state index in [1.165, 1.54) is 0 Å². The van der Waals surface area contributed by atoms with Crippen LogP contribution in [-0.2, 0) is 16.7 Å². The molecule has 7 heteroatoms. The number of aromatic nitrogens is 4. The monoisotopic (exact) mass is 285 g/mol. The molecule has 7 nitrogen and oxygen atoms in total. The molecule has 1 saturated heterocycles. The van der Waals surface area contributed by atoms with Crippen LogP contribution in [0, 0.1) is 0 Å². The number of fused-ring (bicyclic) bond motifs is 1. The van der Waals surface area contributed by atoms with Crippen LogP contribution in [0.1, 0.15) is 24.0 Å². The van der Waals surface area contributed by atoms with E-state index >= 15 is 0 Å². The van der Waals surface area contributed by atoms with E-state index in [2.05, 4.69) is 20.1 Å². The molecule has 0 aliphatic carbocycles. The molecule has 2 aromatic heterocycles. The molecule has 0 spiro atoms. The van der Waals surface area contributed by atoms with E-state index in [-0.39, 0.29) is 0 Å². The van der Waals surface area contributed by atoms with Gasteiger partial charge in [0.25, 0.3) is 0 Å². The van der Waals surface area contributed by atoms with Crippen LogP contribution in [0.2, 0.25) is 0 Å². The summed E-state index contributed by atoms with van der Waals surface area (Å²) in [5.74, 6) is 1.81. The van der Waals surface area contributed by atoms with Gasteiger partial charge in [0.1, 0.15) is 11.4 Å². The lowest BCUT2D eigenvalue weighted by Gasteiger charge is -2.14. The molecule has 3 N–H and O–H groups in total. The molecule has 3 heterocycles. The second-order valence-corrected chi connectivity index (χ2v) is 5.35. The fraction of sp³-hybridized carbons (Fsp3) is 0.357. The van der Waals surface area contributed by atoms with Crippen LogP contribution >= 0.6 is 0 Å². The number of nitrogens with one attached hydrogen (secondary N) is 1. The molecule has 1 atom stereocenters. The first-order chi connectivity index (χ1) is 10.2. The standard InChI is InChI=1S/C14H15N5O2/c15-14(5-6-20-8-14)13-18-12(19-21-13)7-11-16-9-3-1-2-4-10(9)17-11/h1-4H,5-8,15H2,(H,16,17). The summed E-state index contributed by atoms with van der Waals surface area (Å²) in [7, 11) is 0. The van der Waals surface area contributed by atoms with E-state index in [9.17, 15) is 0 Å². The Bertz CT molecular complexity index is 739. The van der Waals surface area contributed by atoms with E-state index in [1.807, 2.05) is 24.3 Å². The Kier molecular flexibility index (Phi) is 2.76. The molecule has 1 unspecified atom stereocenters. The number of imidazole rings is 1. The molecule has 4 rings (SSSR count). The number of para-hydroxylation sites is 2. The first-order valence-corrected chi connectivity index (χ1v) is 6.86. The Hall–Kier alpha value is -2.25. The van der Waals surface area contributed by atoms with Crippen molar-refractivity contribution in [3.8, 4) is 0 Å². The molecule has 1 fully saturated rings. The molecule has 108 valence electrons. The number of hydrogen-bond donors (Lipinski definition) is 2. The van der Waals surface area contributed by atoms with Crippen molar-refractivity contribution in [2.75, 3.05) is 13.2 Å². The Labute approximate surface area is 120 Å². The highest BCUT2D eigenvalue weighted by molar-refractivity contribution is 5.74. The van der Waals surface area contributed by atoms with Crippen molar-refractivity contribution in [3.63, 3.8) is 0 Å². The second-order valence-electron chi connectivity index (χ2n) is 5.35. The van der Waals surface area contributed by atoms with Crippen LogP contribution in [0.3, 0.4) is 0 Å². The SMILES string of the molecule is NC1(c2nc(Cc3nc4ccccc4[nH]3)no2)CCOC1. The maximum absolute atomic E-state index is 6.20. The smallest absolute Gasteiger partial charge is 0.249 e. The summed E-state index contributed by atoms with van der Waals surface area (Å²) in [5, 5.41) is 3.99. The molecular weight excluding hydrogens is 270 g/mol.